The first-order chi connectivity index (χ1) is 10.4. The van der Waals surface area contributed by atoms with Crippen molar-refractivity contribution in [3.05, 3.63) is 23.2 Å². The Bertz CT molecular complexity index is 652. The molecule has 0 aliphatic heterocycles. The van der Waals surface area contributed by atoms with Crippen molar-refractivity contribution < 1.29 is 9.90 Å². The maximum absolute atomic E-state index is 11.9. The van der Waals surface area contributed by atoms with Gasteiger partial charge in [0.25, 0.3) is 0 Å². The summed E-state index contributed by atoms with van der Waals surface area (Å²) in [5.41, 5.74) is 1.64. The Morgan fingerprint density at radius 1 is 1.41 bits per heavy atom. The summed E-state index contributed by atoms with van der Waals surface area (Å²) in [5, 5.41) is 15.9. The minimum Gasteiger partial charge on any atom is -0.396 e. The molecule has 0 aliphatic rings. The van der Waals surface area contributed by atoms with E-state index in [0.717, 1.165) is 33.8 Å². The van der Waals surface area contributed by atoms with Gasteiger partial charge in [-0.3, -0.25) is 0 Å². The number of hydrogen-bond acceptors (Lipinski definition) is 4. The number of hydrogen-bond donors (Lipinski definition) is 3. The molecule has 0 saturated carbocycles. The summed E-state index contributed by atoms with van der Waals surface area (Å²) in [6.45, 7) is 6.75. The van der Waals surface area contributed by atoms with E-state index in [-0.39, 0.29) is 18.1 Å². The van der Waals surface area contributed by atoms with Crippen molar-refractivity contribution in [3.63, 3.8) is 0 Å². The van der Waals surface area contributed by atoms with Gasteiger partial charge < -0.3 is 15.7 Å². The minimum atomic E-state index is -0.206. The highest BCUT2D eigenvalue weighted by atomic mass is 32.1. The second-order valence-corrected chi connectivity index (χ2v) is 7.46. The van der Waals surface area contributed by atoms with E-state index in [1.165, 1.54) is 0 Å². The van der Waals surface area contributed by atoms with Crippen molar-refractivity contribution in [1.82, 2.24) is 10.3 Å². The van der Waals surface area contributed by atoms with Crippen LogP contribution >= 0.6 is 11.3 Å². The van der Waals surface area contributed by atoms with Gasteiger partial charge in [0, 0.05) is 18.8 Å². The Kier molecular flexibility index (Phi) is 5.37. The molecule has 3 N–H and O–H groups in total. The summed E-state index contributed by atoms with van der Waals surface area (Å²) in [7, 11) is 0. The number of urea groups is 1. The van der Waals surface area contributed by atoms with Crippen LogP contribution in [0.5, 0.6) is 0 Å². The van der Waals surface area contributed by atoms with Gasteiger partial charge in [0.1, 0.15) is 0 Å². The summed E-state index contributed by atoms with van der Waals surface area (Å²) in [6.07, 6.45) is 1.71. The number of carbonyl (C=O) groups excluding carboxylic acids is 1. The first-order valence-corrected chi connectivity index (χ1v) is 8.24. The van der Waals surface area contributed by atoms with E-state index in [0.29, 0.717) is 6.54 Å². The average molecular weight is 321 g/mol. The fraction of sp³-hybridized carbons (Fsp3) is 0.500. The van der Waals surface area contributed by atoms with E-state index in [1.54, 1.807) is 11.3 Å². The Morgan fingerprint density at radius 3 is 2.91 bits per heavy atom. The molecule has 0 fully saturated rings. The van der Waals surface area contributed by atoms with Gasteiger partial charge in [-0.05, 0) is 43.4 Å². The summed E-state index contributed by atoms with van der Waals surface area (Å²) < 4.78 is 1.07. The zero-order valence-electron chi connectivity index (χ0n) is 13.3. The van der Waals surface area contributed by atoms with Gasteiger partial charge in [0.2, 0.25) is 0 Å². The van der Waals surface area contributed by atoms with E-state index < -0.39 is 0 Å². The van der Waals surface area contributed by atoms with Crippen LogP contribution in [0, 0.1) is 12.3 Å². The third-order valence-electron chi connectivity index (χ3n) is 3.50. The monoisotopic (exact) mass is 321 g/mol. The maximum atomic E-state index is 11.9. The topological polar surface area (TPSA) is 74.2 Å². The van der Waals surface area contributed by atoms with E-state index in [1.807, 2.05) is 39.0 Å². The van der Waals surface area contributed by atoms with Crippen LogP contribution in [-0.2, 0) is 0 Å². The fourth-order valence-electron chi connectivity index (χ4n) is 2.14. The number of aryl methyl sites for hydroxylation is 1. The smallest absolute Gasteiger partial charge is 0.319 e. The predicted molar refractivity (Wildman–Crippen MR) is 91.5 cm³/mol. The molecular formula is C16H23N3O2S. The van der Waals surface area contributed by atoms with Gasteiger partial charge in [-0.1, -0.05) is 13.8 Å². The van der Waals surface area contributed by atoms with Crippen LogP contribution in [0.15, 0.2) is 18.2 Å². The van der Waals surface area contributed by atoms with Crippen LogP contribution in [0.25, 0.3) is 10.2 Å². The number of thiazole rings is 1. The quantitative estimate of drug-likeness (QED) is 0.713. The number of carbonyl (C=O) groups is 1. The van der Waals surface area contributed by atoms with Gasteiger partial charge in [-0.2, -0.15) is 0 Å². The largest absolute Gasteiger partial charge is 0.396 e. The molecule has 2 aromatic rings. The first-order valence-electron chi connectivity index (χ1n) is 7.42. The van der Waals surface area contributed by atoms with Crippen molar-refractivity contribution in [2.45, 2.75) is 33.6 Å². The molecule has 0 spiro atoms. The molecule has 0 bridgehead atoms. The van der Waals surface area contributed by atoms with Crippen molar-refractivity contribution in [3.8, 4) is 0 Å². The van der Waals surface area contributed by atoms with E-state index >= 15 is 0 Å². The summed E-state index contributed by atoms with van der Waals surface area (Å²) in [4.78, 5) is 16.3. The molecule has 0 saturated heterocycles. The van der Waals surface area contributed by atoms with Gasteiger partial charge in [-0.15, -0.1) is 11.3 Å². The molecule has 0 radical (unpaired) electrons. The number of rotatable bonds is 6. The van der Waals surface area contributed by atoms with Crippen LogP contribution in [0.4, 0.5) is 10.5 Å². The molecule has 22 heavy (non-hydrogen) atoms. The molecule has 0 aliphatic carbocycles. The highest BCUT2D eigenvalue weighted by molar-refractivity contribution is 7.18. The lowest BCUT2D eigenvalue weighted by atomic mass is 9.89. The van der Waals surface area contributed by atoms with Crippen molar-refractivity contribution in [1.29, 1.82) is 0 Å². The summed E-state index contributed by atoms with van der Waals surface area (Å²) in [5.74, 6) is 0. The second-order valence-electron chi connectivity index (χ2n) is 6.22. The Labute approximate surface area is 134 Å². The van der Waals surface area contributed by atoms with E-state index in [9.17, 15) is 9.90 Å². The van der Waals surface area contributed by atoms with Gasteiger partial charge >= 0.3 is 6.03 Å². The predicted octanol–water partition coefficient (Wildman–Crippen LogP) is 3.52. The Balaban J connectivity index is 1.80. The number of anilines is 1. The lowest BCUT2D eigenvalue weighted by Gasteiger charge is -2.21. The lowest BCUT2D eigenvalue weighted by Crippen LogP contribution is -2.30. The molecule has 5 nitrogen and oxygen atoms in total. The van der Waals surface area contributed by atoms with Gasteiger partial charge in [-0.25, -0.2) is 9.78 Å². The standard InChI is InChI=1S/C16H23N3O2S/c1-11-18-13-6-5-12(9-14(13)22-11)19-15(21)17-8-4-7-16(2,3)10-20/h5-6,9,20H,4,7-8,10H2,1-3H3,(H2,17,19,21). The van der Waals surface area contributed by atoms with Gasteiger partial charge in [0.05, 0.1) is 15.2 Å². The third-order valence-corrected chi connectivity index (χ3v) is 4.43. The van der Waals surface area contributed by atoms with Crippen LogP contribution in [0.1, 0.15) is 31.7 Å². The number of aliphatic hydroxyl groups excluding tert-OH is 1. The molecule has 2 amide bonds. The van der Waals surface area contributed by atoms with Crippen LogP contribution in [-0.4, -0.2) is 29.3 Å². The molecule has 0 atom stereocenters. The fourth-order valence-corrected chi connectivity index (χ4v) is 3.01. The molecule has 1 aromatic carbocycles. The van der Waals surface area contributed by atoms with E-state index in [4.69, 9.17) is 0 Å². The molecule has 0 unspecified atom stereocenters. The number of amides is 2. The highest BCUT2D eigenvalue weighted by Crippen LogP contribution is 2.24. The summed E-state index contributed by atoms with van der Waals surface area (Å²) in [6, 6.07) is 5.50. The number of benzene rings is 1. The van der Waals surface area contributed by atoms with Crippen molar-refractivity contribution >= 4 is 33.3 Å². The molecule has 1 heterocycles. The number of nitrogens with one attached hydrogen (secondary N) is 2. The number of fused-ring (bicyclic) bond motifs is 1. The van der Waals surface area contributed by atoms with Crippen molar-refractivity contribution in [2.24, 2.45) is 5.41 Å². The normalized spacial score (nSPS) is 11.6. The SMILES string of the molecule is Cc1nc2ccc(NC(=O)NCCCC(C)(C)CO)cc2s1. The third kappa shape index (κ3) is 4.68. The average Bonchev–Trinajstić information content (AvgIpc) is 2.83. The van der Waals surface area contributed by atoms with Crippen LogP contribution in [0.2, 0.25) is 0 Å². The van der Waals surface area contributed by atoms with Crippen LogP contribution < -0.4 is 10.6 Å². The highest BCUT2D eigenvalue weighted by Gasteiger charge is 2.15. The lowest BCUT2D eigenvalue weighted by molar-refractivity contribution is 0.148. The zero-order valence-corrected chi connectivity index (χ0v) is 14.1. The Morgan fingerprint density at radius 2 is 2.18 bits per heavy atom. The maximum Gasteiger partial charge on any atom is 0.319 e. The first kappa shape index (κ1) is 16.7. The molecule has 1 aromatic heterocycles. The molecule has 2 rings (SSSR count). The number of aliphatic hydroxyl groups is 1. The van der Waals surface area contributed by atoms with Crippen LogP contribution in [0.3, 0.4) is 0 Å². The number of nitrogens with zero attached hydrogens (tertiary/aromatic N) is 1. The zero-order chi connectivity index (χ0) is 16.2. The molecule has 120 valence electrons. The number of aromatic nitrogens is 1. The van der Waals surface area contributed by atoms with Gasteiger partial charge in [0.15, 0.2) is 0 Å². The second kappa shape index (κ2) is 7.07. The molecular weight excluding hydrogens is 298 g/mol. The molecule has 6 heteroatoms. The van der Waals surface area contributed by atoms with E-state index in [2.05, 4.69) is 15.6 Å². The minimum absolute atomic E-state index is 0.0901. The van der Waals surface area contributed by atoms with Crippen molar-refractivity contribution in [2.75, 3.05) is 18.5 Å². The summed E-state index contributed by atoms with van der Waals surface area (Å²) >= 11 is 1.61. The Hall–Kier alpha value is -1.66.